The second-order valence-electron chi connectivity index (χ2n) is 10.6. The zero-order valence-electron chi connectivity index (χ0n) is 22.4. The Morgan fingerprint density at radius 3 is 2.00 bits per heavy atom. The van der Waals surface area contributed by atoms with Crippen LogP contribution in [0.2, 0.25) is 0 Å². The Bertz CT molecular complexity index is 884. The largest absolute Gasteiger partial charge is 0.444 e. The zero-order chi connectivity index (χ0) is 27.0. The van der Waals surface area contributed by atoms with Gasteiger partial charge in [0.05, 0.1) is 0 Å². The first-order chi connectivity index (χ1) is 16.1. The fourth-order valence-electron chi connectivity index (χ4n) is 3.51. The Labute approximate surface area is 209 Å². The summed E-state index contributed by atoms with van der Waals surface area (Å²) in [6.45, 7) is 14.7. The number of likely N-dealkylation sites (N-methyl/N-ethyl adjacent to an activating group) is 1. The van der Waals surface area contributed by atoms with Gasteiger partial charge in [-0.15, -0.1) is 0 Å². The first-order valence-electron chi connectivity index (χ1n) is 12.1. The summed E-state index contributed by atoms with van der Waals surface area (Å²) in [5.74, 6) is -1.45. The lowest BCUT2D eigenvalue weighted by molar-refractivity contribution is -0.143. The van der Waals surface area contributed by atoms with E-state index < -0.39 is 41.1 Å². The van der Waals surface area contributed by atoms with Crippen molar-refractivity contribution in [1.82, 2.24) is 15.5 Å². The van der Waals surface area contributed by atoms with E-state index in [0.717, 1.165) is 12.0 Å². The summed E-state index contributed by atoms with van der Waals surface area (Å²) >= 11 is 0. The van der Waals surface area contributed by atoms with Crippen LogP contribution >= 0.6 is 0 Å². The number of carbonyl (C=O) groups excluding carboxylic acids is 4. The van der Waals surface area contributed by atoms with Gasteiger partial charge in [0.25, 0.3) is 0 Å². The molecule has 0 aliphatic heterocycles. The Balaban J connectivity index is 3.40. The molecule has 0 spiro atoms. The van der Waals surface area contributed by atoms with E-state index in [4.69, 9.17) is 10.5 Å². The number of aryl methyl sites for hydroxylation is 1. The van der Waals surface area contributed by atoms with Crippen molar-refractivity contribution in [2.45, 2.75) is 97.9 Å². The summed E-state index contributed by atoms with van der Waals surface area (Å²) in [7, 11) is 0. The number of alkyl carbamates (subject to hydrolysis) is 1. The maximum Gasteiger partial charge on any atom is 0.408 e. The molecule has 1 aromatic rings. The molecule has 1 aromatic carbocycles. The second-order valence-corrected chi connectivity index (χ2v) is 10.6. The molecule has 9 nitrogen and oxygen atoms in total. The molecule has 0 saturated carbocycles. The molecule has 1 rings (SSSR count). The van der Waals surface area contributed by atoms with Gasteiger partial charge in [0.2, 0.25) is 17.7 Å². The van der Waals surface area contributed by atoms with E-state index in [2.05, 4.69) is 10.6 Å². The fraction of sp³-hybridized carbons (Fsp3) is 0.615. The summed E-state index contributed by atoms with van der Waals surface area (Å²) in [6.07, 6.45) is -0.0932. The predicted octanol–water partition coefficient (Wildman–Crippen LogP) is 3.21. The molecule has 196 valence electrons. The van der Waals surface area contributed by atoms with Crippen LogP contribution in [0.4, 0.5) is 4.79 Å². The molecule has 0 fully saturated rings. The summed E-state index contributed by atoms with van der Waals surface area (Å²) in [5.41, 5.74) is 5.75. The minimum atomic E-state index is -1.10. The van der Waals surface area contributed by atoms with E-state index in [1.54, 1.807) is 27.7 Å². The number of primary amides is 1. The monoisotopic (exact) mass is 490 g/mol. The molecule has 4 amide bonds. The number of nitrogens with two attached hydrogens (primary N) is 1. The third kappa shape index (κ3) is 10.4. The van der Waals surface area contributed by atoms with Gasteiger partial charge >= 0.3 is 6.09 Å². The molecular weight excluding hydrogens is 448 g/mol. The van der Waals surface area contributed by atoms with Crippen LogP contribution in [0.3, 0.4) is 0 Å². The van der Waals surface area contributed by atoms with Gasteiger partial charge in [0.1, 0.15) is 17.7 Å². The molecule has 0 heterocycles. The smallest absolute Gasteiger partial charge is 0.408 e. The number of nitrogens with zero attached hydrogens (tertiary/aromatic N) is 1. The molecule has 35 heavy (non-hydrogen) atoms. The number of ether oxygens (including phenoxy) is 1. The standard InChI is InChI=1S/C26H42N4O5/c1-9-17-11-13-18(14-12-17)21(22(32)29-25(3,4)5)30(10-2)23(33)19(15-16-20(27)31)28-24(34)35-26(6,7)8/h11-14,19,21H,9-10,15-16H2,1-8H3,(H2,27,31)(H,28,34)(H,29,32). The van der Waals surface area contributed by atoms with E-state index in [9.17, 15) is 19.2 Å². The minimum Gasteiger partial charge on any atom is -0.444 e. The molecule has 2 atom stereocenters. The van der Waals surface area contributed by atoms with Crippen molar-refractivity contribution in [3.05, 3.63) is 35.4 Å². The molecule has 9 heteroatoms. The van der Waals surface area contributed by atoms with Gasteiger partial charge in [-0.25, -0.2) is 4.79 Å². The van der Waals surface area contributed by atoms with E-state index in [1.165, 1.54) is 4.90 Å². The average Bonchev–Trinajstić information content (AvgIpc) is 2.71. The van der Waals surface area contributed by atoms with E-state index in [1.807, 2.05) is 52.0 Å². The van der Waals surface area contributed by atoms with Gasteiger partial charge in [-0.1, -0.05) is 31.2 Å². The Kier molecular flexibility index (Phi) is 10.7. The number of nitrogens with one attached hydrogen (secondary N) is 2. The molecule has 0 aliphatic carbocycles. The van der Waals surface area contributed by atoms with E-state index >= 15 is 0 Å². The molecule has 2 unspecified atom stereocenters. The van der Waals surface area contributed by atoms with Crippen LogP contribution in [0.25, 0.3) is 0 Å². The Morgan fingerprint density at radius 1 is 1.00 bits per heavy atom. The van der Waals surface area contributed by atoms with Gasteiger partial charge in [-0.2, -0.15) is 0 Å². The summed E-state index contributed by atoms with van der Waals surface area (Å²) in [5, 5.41) is 5.52. The minimum absolute atomic E-state index is 0.0215. The van der Waals surface area contributed by atoms with E-state index in [-0.39, 0.29) is 25.3 Å². The number of carbonyl (C=O) groups is 4. The van der Waals surface area contributed by atoms with Crippen molar-refractivity contribution in [1.29, 1.82) is 0 Å². The van der Waals surface area contributed by atoms with Crippen LogP contribution in [0, 0.1) is 0 Å². The van der Waals surface area contributed by atoms with Crippen LogP contribution in [0.5, 0.6) is 0 Å². The van der Waals surface area contributed by atoms with Crippen molar-refractivity contribution in [2.75, 3.05) is 6.54 Å². The van der Waals surface area contributed by atoms with Gasteiger partial charge in [0.15, 0.2) is 0 Å². The Hall–Kier alpha value is -3.10. The molecule has 0 radical (unpaired) electrons. The second kappa shape index (κ2) is 12.6. The van der Waals surface area contributed by atoms with Gasteiger partial charge in [-0.3, -0.25) is 14.4 Å². The molecule has 0 bridgehead atoms. The van der Waals surface area contributed by atoms with Crippen molar-refractivity contribution >= 4 is 23.8 Å². The Morgan fingerprint density at radius 2 is 1.57 bits per heavy atom. The number of amides is 4. The lowest BCUT2D eigenvalue weighted by Crippen LogP contribution is -2.54. The summed E-state index contributed by atoms with van der Waals surface area (Å²) in [6, 6.07) is 5.48. The lowest BCUT2D eigenvalue weighted by Gasteiger charge is -2.35. The zero-order valence-corrected chi connectivity index (χ0v) is 22.4. The SMILES string of the molecule is CCc1ccc(C(C(=O)NC(C)(C)C)N(CC)C(=O)C(CCC(N)=O)NC(=O)OC(C)(C)C)cc1. The van der Waals surface area contributed by atoms with Gasteiger partial charge in [-0.05, 0) is 72.4 Å². The van der Waals surface area contributed by atoms with Crippen LogP contribution in [-0.2, 0) is 25.5 Å². The molecule has 0 aliphatic rings. The maximum atomic E-state index is 13.7. The quantitative estimate of drug-likeness (QED) is 0.463. The van der Waals surface area contributed by atoms with Crippen molar-refractivity contribution < 1.29 is 23.9 Å². The number of hydrogen-bond acceptors (Lipinski definition) is 5. The van der Waals surface area contributed by atoms with Crippen LogP contribution in [-0.4, -0.2) is 52.4 Å². The van der Waals surface area contributed by atoms with Crippen LogP contribution in [0.1, 0.15) is 85.4 Å². The number of rotatable bonds is 10. The normalized spacial score (nSPS) is 13.4. The highest BCUT2D eigenvalue weighted by Crippen LogP contribution is 2.25. The number of benzene rings is 1. The van der Waals surface area contributed by atoms with Gasteiger partial charge < -0.3 is 26.0 Å². The highest BCUT2D eigenvalue weighted by Gasteiger charge is 2.36. The first-order valence-corrected chi connectivity index (χ1v) is 12.1. The maximum absolute atomic E-state index is 13.7. The highest BCUT2D eigenvalue weighted by molar-refractivity contribution is 5.92. The highest BCUT2D eigenvalue weighted by atomic mass is 16.6. The topological polar surface area (TPSA) is 131 Å². The lowest BCUT2D eigenvalue weighted by atomic mass is 9.98. The fourth-order valence-corrected chi connectivity index (χ4v) is 3.51. The third-order valence-corrected chi connectivity index (χ3v) is 5.05. The van der Waals surface area contributed by atoms with Crippen LogP contribution in [0.15, 0.2) is 24.3 Å². The molecule has 4 N–H and O–H groups in total. The third-order valence-electron chi connectivity index (χ3n) is 5.05. The van der Waals surface area contributed by atoms with Crippen molar-refractivity contribution in [3.8, 4) is 0 Å². The number of hydrogen-bond donors (Lipinski definition) is 3. The molecule has 0 saturated heterocycles. The molecular formula is C26H42N4O5. The van der Waals surface area contributed by atoms with Crippen molar-refractivity contribution in [3.63, 3.8) is 0 Å². The van der Waals surface area contributed by atoms with E-state index in [0.29, 0.717) is 5.56 Å². The summed E-state index contributed by atoms with van der Waals surface area (Å²) < 4.78 is 5.31. The molecule has 0 aromatic heterocycles. The van der Waals surface area contributed by atoms with Crippen molar-refractivity contribution in [2.24, 2.45) is 5.73 Å². The average molecular weight is 491 g/mol. The van der Waals surface area contributed by atoms with Crippen LogP contribution < -0.4 is 16.4 Å². The van der Waals surface area contributed by atoms with Gasteiger partial charge in [0, 0.05) is 18.5 Å². The summed E-state index contributed by atoms with van der Waals surface area (Å²) in [4.78, 5) is 52.5. The predicted molar refractivity (Wildman–Crippen MR) is 135 cm³/mol. The first kappa shape index (κ1) is 29.9.